The van der Waals surface area contributed by atoms with Gasteiger partial charge in [0.25, 0.3) is 0 Å². The maximum Gasteiger partial charge on any atom is 0.234 e. The minimum Gasteiger partial charge on any atom is -0.425 e. The van der Waals surface area contributed by atoms with Crippen LogP contribution in [0.2, 0.25) is 0 Å². The first-order chi connectivity index (χ1) is 12.3. The van der Waals surface area contributed by atoms with Crippen LogP contribution in [0.15, 0.2) is 34.7 Å². The summed E-state index contributed by atoms with van der Waals surface area (Å²) >= 11 is 0. The number of carbonyl (C=O) groups excluding carboxylic acids is 1. The van der Waals surface area contributed by atoms with Crippen LogP contribution in [0.25, 0.3) is 0 Å². The first-order valence-electron chi connectivity index (χ1n) is 9.14. The summed E-state index contributed by atoms with van der Waals surface area (Å²) in [7, 11) is 0. The second-order valence-corrected chi connectivity index (χ2v) is 7.07. The van der Waals surface area contributed by atoms with Gasteiger partial charge in [0.15, 0.2) is 0 Å². The molecule has 1 N–H and O–H groups in total. The van der Waals surface area contributed by atoms with Crippen LogP contribution in [0, 0.1) is 0 Å². The molecule has 0 radical (unpaired) electrons. The summed E-state index contributed by atoms with van der Waals surface area (Å²) in [6.07, 6.45) is 4.30. The molecule has 0 atom stereocenters. The van der Waals surface area contributed by atoms with Gasteiger partial charge >= 0.3 is 0 Å². The average Bonchev–Trinajstić information content (AvgIpc) is 3.39. The number of hydrogen-bond donors (Lipinski definition) is 1. The molecule has 0 unspecified atom stereocenters. The molecule has 6 nitrogen and oxygen atoms in total. The zero-order valence-electron chi connectivity index (χ0n) is 14.4. The number of nitrogens with one attached hydrogen (secondary N) is 1. The van der Waals surface area contributed by atoms with E-state index in [2.05, 4.69) is 20.4 Å². The molecular formula is C19H24N4O2. The van der Waals surface area contributed by atoms with Gasteiger partial charge in [-0.2, -0.15) is 0 Å². The van der Waals surface area contributed by atoms with Gasteiger partial charge in [-0.1, -0.05) is 30.3 Å². The second kappa shape index (κ2) is 7.35. The third kappa shape index (κ3) is 4.25. The Bertz CT molecular complexity index is 703. The summed E-state index contributed by atoms with van der Waals surface area (Å²) in [5, 5.41) is 11.4. The van der Waals surface area contributed by atoms with E-state index in [9.17, 15) is 4.79 Å². The summed E-state index contributed by atoms with van der Waals surface area (Å²) in [5.41, 5.74) is 1.12. The molecule has 1 saturated heterocycles. The van der Waals surface area contributed by atoms with Crippen LogP contribution < -0.4 is 5.32 Å². The van der Waals surface area contributed by atoms with E-state index in [0.717, 1.165) is 43.3 Å². The molecule has 2 fully saturated rings. The van der Waals surface area contributed by atoms with Crippen molar-refractivity contribution in [3.8, 4) is 0 Å². The monoisotopic (exact) mass is 340 g/mol. The number of aromatic nitrogens is 2. The largest absolute Gasteiger partial charge is 0.425 e. The highest BCUT2D eigenvalue weighted by Gasteiger charge is 2.31. The van der Waals surface area contributed by atoms with E-state index in [4.69, 9.17) is 4.42 Å². The van der Waals surface area contributed by atoms with E-state index in [1.807, 2.05) is 30.3 Å². The molecule has 2 aromatic rings. The maximum absolute atomic E-state index is 12.1. The van der Waals surface area contributed by atoms with Gasteiger partial charge in [0.1, 0.15) is 0 Å². The Morgan fingerprint density at radius 1 is 1.04 bits per heavy atom. The fourth-order valence-electron chi connectivity index (χ4n) is 3.30. The molecule has 1 aliphatic carbocycles. The Balaban J connectivity index is 1.21. The van der Waals surface area contributed by atoms with Crippen molar-refractivity contribution >= 4 is 5.91 Å². The van der Waals surface area contributed by atoms with E-state index in [1.54, 1.807) is 0 Å². The lowest BCUT2D eigenvalue weighted by atomic mass is 9.97. The van der Waals surface area contributed by atoms with Gasteiger partial charge in [0, 0.05) is 18.4 Å². The molecule has 1 amide bonds. The van der Waals surface area contributed by atoms with Gasteiger partial charge in [0.2, 0.25) is 17.7 Å². The van der Waals surface area contributed by atoms with E-state index in [1.165, 1.54) is 12.8 Å². The van der Waals surface area contributed by atoms with Crippen molar-refractivity contribution in [3.63, 3.8) is 0 Å². The van der Waals surface area contributed by atoms with Crippen LogP contribution in [0.5, 0.6) is 0 Å². The smallest absolute Gasteiger partial charge is 0.234 e. The van der Waals surface area contributed by atoms with Gasteiger partial charge in [0.05, 0.1) is 6.54 Å². The zero-order chi connectivity index (χ0) is 17.1. The molecular weight excluding hydrogens is 316 g/mol. The highest BCUT2D eigenvalue weighted by molar-refractivity contribution is 5.78. The molecule has 2 aliphatic rings. The van der Waals surface area contributed by atoms with Crippen LogP contribution in [-0.4, -0.2) is 40.6 Å². The van der Waals surface area contributed by atoms with Crippen molar-refractivity contribution in [2.75, 3.05) is 19.6 Å². The maximum atomic E-state index is 12.1. The Labute approximate surface area is 147 Å². The average molecular weight is 340 g/mol. The Hall–Kier alpha value is -2.21. The molecule has 2 heterocycles. The normalized spacial score (nSPS) is 19.0. The van der Waals surface area contributed by atoms with Gasteiger partial charge in [-0.15, -0.1) is 10.2 Å². The summed E-state index contributed by atoms with van der Waals surface area (Å²) in [4.78, 5) is 14.3. The molecule has 6 heteroatoms. The Morgan fingerprint density at radius 3 is 2.32 bits per heavy atom. The van der Waals surface area contributed by atoms with Crippen molar-refractivity contribution in [2.45, 2.75) is 44.1 Å². The van der Waals surface area contributed by atoms with Crippen LogP contribution in [0.1, 0.15) is 54.9 Å². The lowest BCUT2D eigenvalue weighted by Gasteiger charge is -2.29. The summed E-state index contributed by atoms with van der Waals surface area (Å²) in [6, 6.07) is 9.99. The fourth-order valence-corrected chi connectivity index (χ4v) is 3.30. The van der Waals surface area contributed by atoms with Crippen molar-refractivity contribution in [1.82, 2.24) is 20.4 Å². The van der Waals surface area contributed by atoms with Gasteiger partial charge in [-0.25, -0.2) is 0 Å². The summed E-state index contributed by atoms with van der Waals surface area (Å²) in [6.45, 7) is 2.83. The van der Waals surface area contributed by atoms with Gasteiger partial charge in [-0.05, 0) is 44.3 Å². The molecule has 25 heavy (non-hydrogen) atoms. The number of nitrogens with zero attached hydrogens (tertiary/aromatic N) is 3. The van der Waals surface area contributed by atoms with Crippen LogP contribution in [0.4, 0.5) is 0 Å². The molecule has 0 spiro atoms. The van der Waals surface area contributed by atoms with E-state index < -0.39 is 0 Å². The fraction of sp³-hybridized carbons (Fsp3) is 0.526. The van der Waals surface area contributed by atoms with E-state index >= 15 is 0 Å². The van der Waals surface area contributed by atoms with E-state index in [0.29, 0.717) is 24.9 Å². The molecule has 1 saturated carbocycles. The molecule has 1 aromatic carbocycles. The predicted octanol–water partition coefficient (Wildman–Crippen LogP) is 2.44. The molecule has 1 aliphatic heterocycles. The lowest BCUT2D eigenvalue weighted by Crippen LogP contribution is -2.41. The number of benzene rings is 1. The quantitative estimate of drug-likeness (QED) is 0.874. The van der Waals surface area contributed by atoms with Crippen molar-refractivity contribution in [2.24, 2.45) is 0 Å². The predicted molar refractivity (Wildman–Crippen MR) is 93.0 cm³/mol. The van der Waals surface area contributed by atoms with Gasteiger partial charge in [-0.3, -0.25) is 9.69 Å². The summed E-state index contributed by atoms with van der Waals surface area (Å²) < 4.78 is 5.83. The molecule has 132 valence electrons. The number of piperidine rings is 1. The number of amides is 1. The van der Waals surface area contributed by atoms with Crippen LogP contribution in [0.3, 0.4) is 0 Å². The highest BCUT2D eigenvalue weighted by atomic mass is 16.4. The van der Waals surface area contributed by atoms with Crippen molar-refractivity contribution in [1.29, 1.82) is 0 Å². The second-order valence-electron chi connectivity index (χ2n) is 7.07. The third-order valence-electron chi connectivity index (χ3n) is 5.02. The number of carbonyl (C=O) groups is 1. The van der Waals surface area contributed by atoms with Crippen LogP contribution >= 0.6 is 0 Å². The van der Waals surface area contributed by atoms with Crippen molar-refractivity contribution in [3.05, 3.63) is 47.7 Å². The minimum atomic E-state index is 0.0797. The zero-order valence-corrected chi connectivity index (χ0v) is 14.4. The van der Waals surface area contributed by atoms with Crippen molar-refractivity contribution < 1.29 is 9.21 Å². The number of hydrogen-bond acceptors (Lipinski definition) is 5. The third-order valence-corrected chi connectivity index (χ3v) is 5.02. The Kier molecular flexibility index (Phi) is 4.78. The first-order valence-corrected chi connectivity index (χ1v) is 9.14. The lowest BCUT2D eigenvalue weighted by molar-refractivity contribution is -0.122. The molecule has 4 rings (SSSR count). The SMILES string of the molecule is O=C(CN1CCC(c2nnc(C3CC3)o2)CC1)NCc1ccccc1. The first kappa shape index (κ1) is 16.3. The molecule has 0 bridgehead atoms. The highest BCUT2D eigenvalue weighted by Crippen LogP contribution is 2.40. The number of likely N-dealkylation sites (tertiary alicyclic amines) is 1. The van der Waals surface area contributed by atoms with E-state index in [-0.39, 0.29) is 5.91 Å². The standard InChI is InChI=1S/C19H24N4O2/c24-17(20-12-14-4-2-1-3-5-14)13-23-10-8-16(9-11-23)19-22-21-18(25-19)15-6-7-15/h1-5,15-16H,6-13H2,(H,20,24). The van der Waals surface area contributed by atoms with Gasteiger partial charge < -0.3 is 9.73 Å². The minimum absolute atomic E-state index is 0.0797. The van der Waals surface area contributed by atoms with Crippen LogP contribution in [-0.2, 0) is 11.3 Å². The Morgan fingerprint density at radius 2 is 1.68 bits per heavy atom. The number of rotatable bonds is 6. The summed E-state index contributed by atoms with van der Waals surface area (Å²) in [5.74, 6) is 2.53. The molecule has 1 aromatic heterocycles. The topological polar surface area (TPSA) is 71.3 Å².